The third kappa shape index (κ3) is 3.20. The topological polar surface area (TPSA) is 49.4 Å². The normalized spacial score (nSPS) is 16.1. The van der Waals surface area contributed by atoms with Crippen LogP contribution in [0.2, 0.25) is 15.1 Å². The van der Waals surface area contributed by atoms with Gasteiger partial charge in [0.15, 0.2) is 0 Å². The molecule has 0 spiro atoms. The van der Waals surface area contributed by atoms with Crippen molar-refractivity contribution in [2.24, 2.45) is 0 Å². The Morgan fingerprint density at radius 1 is 0.913 bits per heavy atom. The van der Waals surface area contributed by atoms with Crippen LogP contribution in [0.25, 0.3) is 6.08 Å². The van der Waals surface area contributed by atoms with E-state index in [9.17, 15) is 9.59 Å². The molecule has 2 aromatic carbocycles. The lowest BCUT2D eigenvalue weighted by Gasteiger charge is -2.14. The third-order valence-corrected chi connectivity index (χ3v) is 4.05. The zero-order valence-corrected chi connectivity index (χ0v) is 13.8. The maximum atomic E-state index is 12.5. The van der Waals surface area contributed by atoms with Gasteiger partial charge in [-0.15, -0.1) is 0 Å². The number of carbonyl (C=O) groups excluding carboxylic acids is 2. The fourth-order valence-corrected chi connectivity index (χ4v) is 2.69. The van der Waals surface area contributed by atoms with Crippen molar-refractivity contribution in [2.75, 3.05) is 5.01 Å². The van der Waals surface area contributed by atoms with Gasteiger partial charge in [0.1, 0.15) is 5.57 Å². The zero-order chi connectivity index (χ0) is 16.6. The van der Waals surface area contributed by atoms with Gasteiger partial charge in [0.05, 0.1) is 5.69 Å². The van der Waals surface area contributed by atoms with E-state index >= 15 is 0 Å². The Kier molecular flexibility index (Phi) is 4.31. The fourth-order valence-electron chi connectivity index (χ4n) is 2.10. The predicted molar refractivity (Wildman–Crippen MR) is 91.5 cm³/mol. The Morgan fingerprint density at radius 3 is 2.22 bits per heavy atom. The highest BCUT2D eigenvalue weighted by atomic mass is 35.5. The van der Waals surface area contributed by atoms with Gasteiger partial charge in [-0.3, -0.25) is 15.0 Å². The maximum absolute atomic E-state index is 12.5. The van der Waals surface area contributed by atoms with Crippen molar-refractivity contribution in [3.05, 3.63) is 68.7 Å². The van der Waals surface area contributed by atoms with Gasteiger partial charge in [-0.2, -0.15) is 0 Å². The van der Waals surface area contributed by atoms with Crippen LogP contribution in [0, 0.1) is 0 Å². The Labute approximate surface area is 147 Å². The Balaban J connectivity index is 1.95. The Hall–Kier alpha value is -2.01. The highest BCUT2D eigenvalue weighted by Crippen LogP contribution is 2.26. The highest BCUT2D eigenvalue weighted by molar-refractivity contribution is 6.36. The number of hydrogen-bond acceptors (Lipinski definition) is 2. The van der Waals surface area contributed by atoms with E-state index in [1.54, 1.807) is 42.5 Å². The number of amides is 2. The van der Waals surface area contributed by atoms with E-state index < -0.39 is 11.8 Å². The second-order valence-corrected chi connectivity index (χ2v) is 6.06. The van der Waals surface area contributed by atoms with E-state index in [-0.39, 0.29) is 5.57 Å². The number of benzene rings is 2. The Morgan fingerprint density at radius 2 is 1.57 bits per heavy atom. The number of hydrazine groups is 1. The van der Waals surface area contributed by atoms with Gasteiger partial charge < -0.3 is 0 Å². The minimum Gasteiger partial charge on any atom is -0.267 e. The van der Waals surface area contributed by atoms with Crippen LogP contribution in [0.15, 0.2) is 48.0 Å². The molecule has 116 valence electrons. The Bertz CT molecular complexity index is 832. The molecule has 0 radical (unpaired) electrons. The third-order valence-electron chi connectivity index (χ3n) is 3.24. The molecule has 1 N–H and O–H groups in total. The van der Waals surface area contributed by atoms with Crippen LogP contribution < -0.4 is 10.4 Å². The molecular weight excluding hydrogens is 359 g/mol. The number of hydrogen-bond donors (Lipinski definition) is 1. The van der Waals surface area contributed by atoms with E-state index in [0.29, 0.717) is 26.3 Å². The first kappa shape index (κ1) is 15.9. The SMILES string of the molecule is O=C1NN(c2ccc(Cl)cc2)C(=O)/C1=C/c1ccc(Cl)cc1Cl. The minimum absolute atomic E-state index is 0.0100. The summed E-state index contributed by atoms with van der Waals surface area (Å²) in [4.78, 5) is 24.5. The largest absolute Gasteiger partial charge is 0.282 e. The molecular formula is C16H9Cl3N2O2. The van der Waals surface area contributed by atoms with Crippen LogP contribution in [0.3, 0.4) is 0 Å². The molecule has 0 aromatic heterocycles. The first-order valence-electron chi connectivity index (χ1n) is 6.53. The molecule has 0 saturated carbocycles. The van der Waals surface area contributed by atoms with Crippen LogP contribution in [0.1, 0.15) is 5.56 Å². The summed E-state index contributed by atoms with van der Waals surface area (Å²) < 4.78 is 0. The minimum atomic E-state index is -0.504. The summed E-state index contributed by atoms with van der Waals surface area (Å²) in [7, 11) is 0. The lowest BCUT2D eigenvalue weighted by atomic mass is 10.1. The number of halogens is 3. The average molecular weight is 368 g/mol. The van der Waals surface area contributed by atoms with Gasteiger partial charge in [0.25, 0.3) is 11.8 Å². The molecule has 1 fully saturated rings. The molecule has 0 atom stereocenters. The molecule has 3 rings (SSSR count). The summed E-state index contributed by atoms with van der Waals surface area (Å²) in [6.07, 6.45) is 1.44. The van der Waals surface area contributed by atoms with Gasteiger partial charge in [-0.25, -0.2) is 5.01 Å². The summed E-state index contributed by atoms with van der Waals surface area (Å²) in [5.74, 6) is -0.973. The van der Waals surface area contributed by atoms with Crippen molar-refractivity contribution in [2.45, 2.75) is 0 Å². The summed E-state index contributed by atoms with van der Waals surface area (Å²) in [5, 5.41) is 2.53. The molecule has 23 heavy (non-hydrogen) atoms. The van der Waals surface area contributed by atoms with Crippen LogP contribution >= 0.6 is 34.8 Å². The molecule has 1 saturated heterocycles. The standard InChI is InChI=1S/C16H9Cl3N2O2/c17-10-3-5-12(6-4-10)21-16(23)13(15(22)20-21)7-9-1-2-11(18)8-14(9)19/h1-8H,(H,20,22)/b13-7+. The van der Waals surface area contributed by atoms with Crippen LogP contribution in [-0.4, -0.2) is 11.8 Å². The molecule has 1 heterocycles. The zero-order valence-electron chi connectivity index (χ0n) is 11.5. The lowest BCUT2D eigenvalue weighted by Crippen LogP contribution is -2.35. The molecule has 4 nitrogen and oxygen atoms in total. The van der Waals surface area contributed by atoms with E-state index in [1.165, 1.54) is 6.08 Å². The van der Waals surface area contributed by atoms with Gasteiger partial charge in [0, 0.05) is 15.1 Å². The first-order valence-corrected chi connectivity index (χ1v) is 7.67. The lowest BCUT2D eigenvalue weighted by molar-refractivity contribution is -0.117. The van der Waals surface area contributed by atoms with E-state index in [0.717, 1.165) is 5.01 Å². The number of nitrogens with zero attached hydrogens (tertiary/aromatic N) is 1. The fraction of sp³-hybridized carbons (Fsp3) is 0. The molecule has 0 bridgehead atoms. The van der Waals surface area contributed by atoms with E-state index in [2.05, 4.69) is 5.43 Å². The van der Waals surface area contributed by atoms with Gasteiger partial charge >= 0.3 is 0 Å². The first-order chi connectivity index (χ1) is 11.0. The van der Waals surface area contributed by atoms with Crippen LogP contribution in [0.5, 0.6) is 0 Å². The number of anilines is 1. The second-order valence-electron chi connectivity index (χ2n) is 4.78. The quantitative estimate of drug-likeness (QED) is 0.641. The van der Waals surface area contributed by atoms with Gasteiger partial charge in [0.2, 0.25) is 0 Å². The van der Waals surface area contributed by atoms with Crippen molar-refractivity contribution in [1.82, 2.24) is 5.43 Å². The summed E-state index contributed by atoms with van der Waals surface area (Å²) in [5.41, 5.74) is 3.54. The summed E-state index contributed by atoms with van der Waals surface area (Å²) in [6, 6.07) is 11.4. The molecule has 0 unspecified atom stereocenters. The maximum Gasteiger partial charge on any atom is 0.282 e. The number of rotatable bonds is 2. The molecule has 2 amide bonds. The predicted octanol–water partition coefficient (Wildman–Crippen LogP) is 4.11. The molecule has 2 aromatic rings. The molecule has 0 aliphatic carbocycles. The van der Waals surface area contributed by atoms with Crippen LogP contribution in [-0.2, 0) is 9.59 Å². The van der Waals surface area contributed by atoms with Gasteiger partial charge in [-0.1, -0.05) is 40.9 Å². The van der Waals surface area contributed by atoms with Crippen LogP contribution in [0.4, 0.5) is 5.69 Å². The highest BCUT2D eigenvalue weighted by Gasteiger charge is 2.34. The van der Waals surface area contributed by atoms with Crippen molar-refractivity contribution in [3.63, 3.8) is 0 Å². The number of nitrogens with one attached hydrogen (secondary N) is 1. The van der Waals surface area contributed by atoms with Gasteiger partial charge in [-0.05, 0) is 48.0 Å². The monoisotopic (exact) mass is 366 g/mol. The molecule has 1 aliphatic rings. The molecule has 7 heteroatoms. The van der Waals surface area contributed by atoms with Crippen molar-refractivity contribution in [3.8, 4) is 0 Å². The summed E-state index contributed by atoms with van der Waals surface area (Å²) >= 11 is 17.7. The second kappa shape index (κ2) is 6.24. The smallest absolute Gasteiger partial charge is 0.267 e. The average Bonchev–Trinajstić information content (AvgIpc) is 2.78. The molecule has 1 aliphatic heterocycles. The summed E-state index contributed by atoms with van der Waals surface area (Å²) in [6.45, 7) is 0. The van der Waals surface area contributed by atoms with Crippen molar-refractivity contribution in [1.29, 1.82) is 0 Å². The van der Waals surface area contributed by atoms with Crippen molar-refractivity contribution < 1.29 is 9.59 Å². The van der Waals surface area contributed by atoms with E-state index in [1.807, 2.05) is 0 Å². The van der Waals surface area contributed by atoms with Crippen molar-refractivity contribution >= 4 is 58.4 Å². The van der Waals surface area contributed by atoms with E-state index in [4.69, 9.17) is 34.8 Å². The number of carbonyl (C=O) groups is 2.